The zero-order valence-electron chi connectivity index (χ0n) is 34.3. The number of hydrogen-bond donors (Lipinski definition) is 4. The number of benzene rings is 3. The van der Waals surface area contributed by atoms with Gasteiger partial charge in [0.1, 0.15) is 42.0 Å². The number of carbonyl (C=O) groups excluding carboxylic acids is 4. The van der Waals surface area contributed by atoms with Crippen molar-refractivity contribution >= 4 is 23.7 Å². The van der Waals surface area contributed by atoms with Crippen molar-refractivity contribution in [2.75, 3.05) is 13.7 Å². The molecule has 2 saturated carbocycles. The molecule has 8 rings (SSSR count). The van der Waals surface area contributed by atoms with Crippen molar-refractivity contribution in [2.24, 2.45) is 16.7 Å². The Morgan fingerprint density at radius 2 is 1.53 bits per heavy atom. The summed E-state index contributed by atoms with van der Waals surface area (Å²) in [6.45, 7) is 7.24. The van der Waals surface area contributed by atoms with Gasteiger partial charge >= 0.3 is 17.9 Å². The summed E-state index contributed by atoms with van der Waals surface area (Å²) in [5.41, 5.74) is -5.51. The molecule has 318 valence electrons. The number of fused-ring (bicyclic) bond motifs is 5. The molecule has 0 aromatic heterocycles. The highest BCUT2D eigenvalue weighted by Crippen LogP contribution is 2.64. The van der Waals surface area contributed by atoms with Gasteiger partial charge < -0.3 is 43.7 Å². The van der Waals surface area contributed by atoms with Crippen LogP contribution in [-0.2, 0) is 38.1 Å². The van der Waals surface area contributed by atoms with Gasteiger partial charge in [0.15, 0.2) is 17.5 Å². The molecule has 4 N–H and O–H groups in total. The lowest BCUT2D eigenvalue weighted by Gasteiger charge is -2.67. The standard InChI is InChI=1S/C46H51NO13/c1-24-30(57-42(53)36-34(26-13-9-7-10-14-26)47-40(58-36)27-17-19-29(55-6)20-18-27)22-46(54)39(59-41(52)28-15-11-8-12-16-28)37-44(5,38(51)35(50)33(24)43(46,3)4)31(49)21-32-45(37,23-56-32)60-25(2)48/h7-20,30-32,34-37,39-40,47,49-50,54H,21-23H2,1-6H3/t30?,31-,32+,34-,35+,36+,37-,39-,40+,44+,45-,46+/m0/s1. The summed E-state index contributed by atoms with van der Waals surface area (Å²) in [5, 5.41) is 41.2. The third kappa shape index (κ3) is 6.38. The van der Waals surface area contributed by atoms with Crippen molar-refractivity contribution in [3.8, 4) is 5.75 Å². The van der Waals surface area contributed by atoms with Crippen LogP contribution in [0.1, 0.15) is 81.2 Å². The lowest BCUT2D eigenvalue weighted by atomic mass is 9.44. The van der Waals surface area contributed by atoms with Gasteiger partial charge in [0.05, 0.1) is 42.8 Å². The Hall–Kier alpha value is -4.96. The van der Waals surface area contributed by atoms with E-state index < -0.39 is 107 Å². The smallest absolute Gasteiger partial charge is 0.338 e. The van der Waals surface area contributed by atoms with Gasteiger partial charge in [-0.3, -0.25) is 14.9 Å². The number of ketones is 1. The van der Waals surface area contributed by atoms with Crippen LogP contribution < -0.4 is 10.1 Å². The van der Waals surface area contributed by atoms with E-state index in [0.717, 1.165) is 11.1 Å². The molecule has 3 aromatic rings. The first-order valence-corrected chi connectivity index (χ1v) is 20.2. The number of carbonyl (C=O) groups is 4. The number of rotatable bonds is 8. The minimum atomic E-state index is -2.26. The fourth-order valence-electron chi connectivity index (χ4n) is 10.6. The van der Waals surface area contributed by atoms with E-state index >= 15 is 4.79 Å². The Balaban J connectivity index is 1.24. The summed E-state index contributed by atoms with van der Waals surface area (Å²) in [5.74, 6) is -4.05. The second kappa shape index (κ2) is 15.2. The summed E-state index contributed by atoms with van der Waals surface area (Å²) >= 11 is 0. The van der Waals surface area contributed by atoms with Crippen LogP contribution in [0.5, 0.6) is 5.75 Å². The number of aliphatic hydroxyl groups is 3. The van der Waals surface area contributed by atoms with Crippen LogP contribution >= 0.6 is 0 Å². The molecule has 4 fully saturated rings. The van der Waals surface area contributed by atoms with Crippen molar-refractivity contribution in [3.63, 3.8) is 0 Å². The average molecular weight is 826 g/mol. The molecule has 0 spiro atoms. The van der Waals surface area contributed by atoms with E-state index in [9.17, 15) is 29.7 Å². The summed E-state index contributed by atoms with van der Waals surface area (Å²) < 4.78 is 36.4. The van der Waals surface area contributed by atoms with Crippen molar-refractivity contribution < 1.29 is 62.9 Å². The molecule has 14 heteroatoms. The average Bonchev–Trinajstić information content (AvgIpc) is 3.69. The molecule has 14 nitrogen and oxygen atoms in total. The number of aliphatic hydroxyl groups excluding tert-OH is 2. The van der Waals surface area contributed by atoms with Gasteiger partial charge in [0.25, 0.3) is 0 Å². The second-order valence-corrected chi connectivity index (χ2v) is 17.4. The topological polar surface area (TPSA) is 196 Å². The molecule has 2 heterocycles. The molecule has 2 bridgehead atoms. The molecular weight excluding hydrogens is 774 g/mol. The number of esters is 3. The molecule has 12 atom stereocenters. The van der Waals surface area contributed by atoms with Gasteiger partial charge in [-0.15, -0.1) is 0 Å². The maximum atomic E-state index is 15.1. The quantitative estimate of drug-likeness (QED) is 0.144. The Bertz CT molecular complexity index is 2190. The van der Waals surface area contributed by atoms with E-state index in [1.165, 1.54) is 26.0 Å². The normalized spacial score (nSPS) is 36.7. The van der Waals surface area contributed by atoms with Crippen LogP contribution in [0.3, 0.4) is 0 Å². The molecule has 1 unspecified atom stereocenters. The molecule has 3 aromatic carbocycles. The minimum absolute atomic E-state index is 0.0430. The third-order valence-electron chi connectivity index (χ3n) is 13.9. The summed E-state index contributed by atoms with van der Waals surface area (Å²) in [6.07, 6.45) is -9.85. The van der Waals surface area contributed by atoms with Crippen molar-refractivity contribution in [2.45, 2.75) is 108 Å². The highest BCUT2D eigenvalue weighted by atomic mass is 16.6. The first-order chi connectivity index (χ1) is 28.5. The molecule has 2 saturated heterocycles. The van der Waals surface area contributed by atoms with Gasteiger partial charge in [-0.05, 0) is 60.4 Å². The van der Waals surface area contributed by atoms with Crippen LogP contribution in [0.2, 0.25) is 0 Å². The lowest BCUT2D eigenvalue weighted by molar-refractivity contribution is -0.346. The van der Waals surface area contributed by atoms with Crippen molar-refractivity contribution in [1.82, 2.24) is 5.32 Å². The highest BCUT2D eigenvalue weighted by molar-refractivity contribution is 5.94. The van der Waals surface area contributed by atoms with Crippen molar-refractivity contribution in [1.29, 1.82) is 0 Å². The second-order valence-electron chi connectivity index (χ2n) is 17.4. The zero-order chi connectivity index (χ0) is 42.9. The van der Waals surface area contributed by atoms with E-state index in [2.05, 4.69) is 5.32 Å². The van der Waals surface area contributed by atoms with Crippen LogP contribution in [0.4, 0.5) is 0 Å². The molecule has 0 amide bonds. The van der Waals surface area contributed by atoms with E-state index in [-0.39, 0.29) is 24.2 Å². The molecule has 0 radical (unpaired) electrons. The first kappa shape index (κ1) is 41.8. The monoisotopic (exact) mass is 825 g/mol. The van der Waals surface area contributed by atoms with E-state index in [1.54, 1.807) is 58.2 Å². The van der Waals surface area contributed by atoms with Crippen LogP contribution in [0.25, 0.3) is 0 Å². The molecule has 3 aliphatic carbocycles. The van der Waals surface area contributed by atoms with E-state index in [0.29, 0.717) is 11.3 Å². The zero-order valence-corrected chi connectivity index (χ0v) is 34.3. The summed E-state index contributed by atoms with van der Waals surface area (Å²) in [4.78, 5) is 56.8. The Labute approximate surface area is 347 Å². The number of ether oxygens (including phenoxy) is 6. The van der Waals surface area contributed by atoms with Gasteiger partial charge in [-0.25, -0.2) is 9.59 Å². The van der Waals surface area contributed by atoms with Crippen LogP contribution in [0, 0.1) is 16.7 Å². The fourth-order valence-corrected chi connectivity index (χ4v) is 10.6. The third-order valence-corrected chi connectivity index (χ3v) is 13.9. The maximum Gasteiger partial charge on any atom is 0.338 e. The predicted octanol–water partition coefficient (Wildman–Crippen LogP) is 4.07. The Morgan fingerprint density at radius 3 is 2.13 bits per heavy atom. The fraction of sp³-hybridized carbons (Fsp3) is 0.478. The SMILES string of the molecule is COc1ccc([C@@H]2N[C@@H](c3ccccc3)[C@H](C(=O)OC3C[C@@]4(O)[C@@H](OC(=O)c5ccccc5)[C@@H]5[C@]6(OC(C)=O)CO[C@@H]6C[C@H](O)[C@@]5(C)C(=O)[C@H](O)C(=C3C)C4(C)C)O2)cc1. The highest BCUT2D eigenvalue weighted by Gasteiger charge is 2.78. The molecule has 60 heavy (non-hydrogen) atoms. The maximum absolute atomic E-state index is 15.1. The Morgan fingerprint density at radius 1 is 0.883 bits per heavy atom. The van der Waals surface area contributed by atoms with Crippen LogP contribution in [-0.4, -0.2) is 101 Å². The molecule has 2 aliphatic heterocycles. The number of methoxy groups -OCH3 is 1. The van der Waals surface area contributed by atoms with Gasteiger partial charge in [-0.2, -0.15) is 0 Å². The van der Waals surface area contributed by atoms with E-state index in [1.807, 2.05) is 42.5 Å². The van der Waals surface area contributed by atoms with Gasteiger partial charge in [0, 0.05) is 25.2 Å². The first-order valence-electron chi connectivity index (χ1n) is 20.2. The minimum Gasteiger partial charge on any atom is -0.497 e. The lowest BCUT2D eigenvalue weighted by Crippen LogP contribution is -2.81. The summed E-state index contributed by atoms with van der Waals surface area (Å²) in [6, 6.07) is 23.8. The summed E-state index contributed by atoms with van der Waals surface area (Å²) in [7, 11) is 1.56. The van der Waals surface area contributed by atoms with E-state index in [4.69, 9.17) is 28.4 Å². The molecular formula is C46H51NO13. The molecule has 5 aliphatic rings. The Kier molecular flexibility index (Phi) is 10.6. The van der Waals surface area contributed by atoms with Crippen molar-refractivity contribution in [3.05, 3.63) is 113 Å². The largest absolute Gasteiger partial charge is 0.497 e. The van der Waals surface area contributed by atoms with Gasteiger partial charge in [0.2, 0.25) is 0 Å². The van der Waals surface area contributed by atoms with Crippen LogP contribution in [0.15, 0.2) is 96.1 Å². The number of hydrogen-bond acceptors (Lipinski definition) is 14. The predicted molar refractivity (Wildman–Crippen MR) is 212 cm³/mol. The number of Topliss-reactive ketones (excluding diaryl/α,β-unsaturated/α-hetero) is 1. The van der Waals surface area contributed by atoms with Gasteiger partial charge in [-0.1, -0.05) is 74.5 Å². The number of nitrogens with one attached hydrogen (secondary N) is 1.